The third kappa shape index (κ3) is 6.30. The van der Waals surface area contributed by atoms with Crippen LogP contribution in [0.5, 0.6) is 5.75 Å². The molecule has 0 unspecified atom stereocenters. The number of nitrogens with one attached hydrogen (secondary N) is 2. The topological polar surface area (TPSA) is 109 Å². The van der Waals surface area contributed by atoms with Crippen molar-refractivity contribution in [1.82, 2.24) is 15.0 Å². The summed E-state index contributed by atoms with van der Waals surface area (Å²) in [6, 6.07) is 11.9. The van der Waals surface area contributed by atoms with E-state index in [9.17, 15) is 9.36 Å². The van der Waals surface area contributed by atoms with Gasteiger partial charge in [0.25, 0.3) is 0 Å². The molecule has 5 rings (SSSR count). The zero-order valence-corrected chi connectivity index (χ0v) is 27.1. The fourth-order valence-electron chi connectivity index (χ4n) is 5.33. The highest BCUT2D eigenvalue weighted by Crippen LogP contribution is 2.42. The van der Waals surface area contributed by atoms with Crippen molar-refractivity contribution in [1.29, 1.82) is 0 Å². The van der Waals surface area contributed by atoms with E-state index in [1.165, 1.54) is 0 Å². The van der Waals surface area contributed by atoms with Crippen LogP contribution >= 0.6 is 23.1 Å². The maximum atomic E-state index is 13.5. The summed E-state index contributed by atoms with van der Waals surface area (Å²) in [5, 5.41) is 8.33. The summed E-state index contributed by atoms with van der Waals surface area (Å²) < 4.78 is 19.9. The van der Waals surface area contributed by atoms with Crippen LogP contribution in [0.15, 0.2) is 47.1 Å². The van der Waals surface area contributed by atoms with Crippen LogP contribution in [-0.2, 0) is 22.2 Å². The summed E-state index contributed by atoms with van der Waals surface area (Å²) in [5.41, 5.74) is 5.50. The highest BCUT2D eigenvalue weighted by atomic mass is 79.9. The van der Waals surface area contributed by atoms with Crippen molar-refractivity contribution in [2.75, 3.05) is 49.1 Å². The molecule has 42 heavy (non-hydrogen) atoms. The number of anilines is 5. The molecule has 1 fully saturated rings. The molecule has 0 aliphatic carbocycles. The van der Waals surface area contributed by atoms with Crippen LogP contribution < -0.4 is 25.6 Å². The van der Waals surface area contributed by atoms with E-state index >= 15 is 0 Å². The molecule has 220 valence electrons. The van der Waals surface area contributed by atoms with Crippen molar-refractivity contribution < 1.29 is 14.1 Å². The third-order valence-corrected chi connectivity index (χ3v) is 9.63. The number of halogens is 1. The Bertz CT molecular complexity index is 1700. The van der Waals surface area contributed by atoms with E-state index in [1.807, 2.05) is 30.3 Å². The molecule has 0 radical (unpaired) electrons. The Morgan fingerprint density at radius 3 is 2.43 bits per heavy atom. The van der Waals surface area contributed by atoms with Gasteiger partial charge in [-0.2, -0.15) is 4.98 Å². The molecular weight excluding hydrogens is 615 g/mol. The second kappa shape index (κ2) is 12.4. The number of piperidine rings is 1. The minimum atomic E-state index is -2.70. The number of nitrogens with zero attached hydrogens (tertiary/aromatic N) is 4. The Morgan fingerprint density at radius 2 is 1.76 bits per heavy atom. The molecule has 1 aliphatic heterocycles. The van der Waals surface area contributed by atoms with Gasteiger partial charge in [-0.25, -0.2) is 4.98 Å². The van der Waals surface area contributed by atoms with Gasteiger partial charge >= 0.3 is 0 Å². The number of Topliss-reactive ketones (excluding diaryl/α,β-unsaturated/α-hetero) is 1. The average molecular weight is 652 g/mol. The number of pyridine rings is 1. The number of hydrogen-bond acceptors (Lipinski definition) is 9. The van der Waals surface area contributed by atoms with Crippen molar-refractivity contribution in [3.8, 4) is 5.75 Å². The number of aromatic nitrogens is 3. The molecule has 0 atom stereocenters. The maximum Gasteiger partial charge on any atom is 0.229 e. The van der Waals surface area contributed by atoms with Gasteiger partial charge in [0.05, 0.1) is 28.5 Å². The van der Waals surface area contributed by atoms with Crippen molar-refractivity contribution in [3.63, 3.8) is 0 Å². The van der Waals surface area contributed by atoms with E-state index < -0.39 is 7.14 Å². The van der Waals surface area contributed by atoms with Gasteiger partial charge < -0.3 is 24.8 Å². The summed E-state index contributed by atoms with van der Waals surface area (Å²) in [4.78, 5) is 28.0. The fraction of sp³-hybridized carbons (Fsp3) is 0.355. The molecule has 0 bridgehead atoms. The van der Waals surface area contributed by atoms with Crippen LogP contribution in [0.1, 0.15) is 37.9 Å². The van der Waals surface area contributed by atoms with E-state index in [0.29, 0.717) is 59.4 Å². The molecule has 2 N–H and O–H groups in total. The van der Waals surface area contributed by atoms with Crippen molar-refractivity contribution in [2.45, 2.75) is 39.5 Å². The Kier molecular flexibility index (Phi) is 8.85. The Morgan fingerprint density at radius 1 is 1.00 bits per heavy atom. The number of methoxy groups -OCH3 is 1. The second-order valence-corrected chi connectivity index (χ2v) is 14.7. The number of fused-ring (bicyclic) bond motifs is 1. The quantitative estimate of drug-likeness (QED) is 0.188. The molecule has 9 nitrogen and oxygen atoms in total. The molecular formula is C31H36BrN6O3P. The molecule has 0 amide bonds. The number of ether oxygens (including phenoxy) is 1. The monoisotopic (exact) mass is 650 g/mol. The van der Waals surface area contributed by atoms with Crippen LogP contribution in [0.3, 0.4) is 0 Å². The van der Waals surface area contributed by atoms with Gasteiger partial charge in [-0.3, -0.25) is 9.78 Å². The smallest absolute Gasteiger partial charge is 0.229 e. The average Bonchev–Trinajstić information content (AvgIpc) is 2.98. The molecule has 11 heteroatoms. The van der Waals surface area contributed by atoms with Gasteiger partial charge in [0.15, 0.2) is 0 Å². The van der Waals surface area contributed by atoms with E-state index in [-0.39, 0.29) is 0 Å². The largest absolute Gasteiger partial charge is 0.494 e. The first kappa shape index (κ1) is 30.0. The Labute approximate surface area is 255 Å². The molecule has 0 saturated carbocycles. The van der Waals surface area contributed by atoms with Gasteiger partial charge in [-0.1, -0.05) is 19.9 Å². The van der Waals surface area contributed by atoms with Gasteiger partial charge in [0.1, 0.15) is 24.5 Å². The lowest BCUT2D eigenvalue weighted by Crippen LogP contribution is -2.34. The molecule has 3 heterocycles. The predicted molar refractivity (Wildman–Crippen MR) is 175 cm³/mol. The van der Waals surface area contributed by atoms with Crippen LogP contribution in [-0.4, -0.2) is 54.3 Å². The minimum absolute atomic E-state index is 0.310. The predicted octanol–water partition coefficient (Wildman–Crippen LogP) is 6.83. The summed E-state index contributed by atoms with van der Waals surface area (Å²) >= 11 is 3.57. The Balaban J connectivity index is 1.48. The molecule has 0 spiro atoms. The standard InChI is InChI=1S/C31H36BrN6O3P/c1-6-19-16-26(28(41-3)17-27(19)38-14-12-21(39)13-15-38)36-31-33-18-23(32)30(37-31)35-25-11-10-24-22(29(25)42(4,5)40)9-8-20(7-2)34-24/h8-11,16-18H,6-7,12-15H2,1-5H3,(H2,33,35,36,37). The Hall–Kier alpha value is -3.49. The number of ketones is 1. The lowest BCUT2D eigenvalue weighted by atomic mass is 10.0. The number of benzene rings is 2. The second-order valence-electron chi connectivity index (χ2n) is 10.7. The van der Waals surface area contributed by atoms with Crippen LogP contribution in [0, 0.1) is 0 Å². The summed E-state index contributed by atoms with van der Waals surface area (Å²) in [6.07, 6.45) is 4.46. The first-order valence-corrected chi connectivity index (χ1v) is 17.5. The maximum absolute atomic E-state index is 13.5. The van der Waals surface area contributed by atoms with E-state index in [1.54, 1.807) is 26.6 Å². The normalized spacial score (nSPS) is 13.9. The summed E-state index contributed by atoms with van der Waals surface area (Å²) in [6.45, 7) is 9.14. The van der Waals surface area contributed by atoms with E-state index in [4.69, 9.17) is 14.7 Å². The number of carbonyl (C=O) groups excluding carboxylic acids is 1. The molecule has 2 aromatic heterocycles. The minimum Gasteiger partial charge on any atom is -0.494 e. The van der Waals surface area contributed by atoms with Crippen LogP contribution in [0.4, 0.5) is 28.8 Å². The zero-order valence-electron chi connectivity index (χ0n) is 24.6. The highest BCUT2D eigenvalue weighted by molar-refractivity contribution is 9.10. The molecule has 1 saturated heterocycles. The van der Waals surface area contributed by atoms with E-state index in [2.05, 4.69) is 56.4 Å². The van der Waals surface area contributed by atoms with Crippen molar-refractivity contribution in [2.24, 2.45) is 0 Å². The first-order valence-electron chi connectivity index (χ1n) is 14.1. The summed E-state index contributed by atoms with van der Waals surface area (Å²) in [7, 11) is -1.06. The highest BCUT2D eigenvalue weighted by Gasteiger charge is 2.23. The lowest BCUT2D eigenvalue weighted by Gasteiger charge is -2.30. The SMILES string of the molecule is CCc1ccc2c(P(C)(C)=O)c(Nc3nc(Nc4cc(CC)c(N5CCC(=O)CC5)cc4OC)ncc3Br)ccc2n1. The molecule has 2 aromatic carbocycles. The molecule has 4 aromatic rings. The number of carbonyl (C=O) groups is 1. The number of hydrogen-bond donors (Lipinski definition) is 2. The summed E-state index contributed by atoms with van der Waals surface area (Å²) in [5.74, 6) is 1.88. The lowest BCUT2D eigenvalue weighted by molar-refractivity contribution is -0.119. The van der Waals surface area contributed by atoms with E-state index in [0.717, 1.165) is 51.7 Å². The van der Waals surface area contributed by atoms with Gasteiger partial charge in [-0.15, -0.1) is 0 Å². The van der Waals surface area contributed by atoms with Crippen molar-refractivity contribution in [3.05, 3.63) is 58.3 Å². The number of aryl methyl sites for hydroxylation is 2. The van der Waals surface area contributed by atoms with Gasteiger partial charge in [0, 0.05) is 60.3 Å². The first-order chi connectivity index (χ1) is 20.1. The fourth-order valence-corrected chi connectivity index (χ4v) is 7.10. The van der Waals surface area contributed by atoms with Crippen molar-refractivity contribution >= 4 is 73.9 Å². The molecule has 1 aliphatic rings. The zero-order chi connectivity index (χ0) is 30.0. The number of rotatable bonds is 9. The van der Waals surface area contributed by atoms with Crippen LogP contribution in [0.2, 0.25) is 0 Å². The van der Waals surface area contributed by atoms with Gasteiger partial charge in [0.2, 0.25) is 5.95 Å². The third-order valence-electron chi connectivity index (χ3n) is 7.49. The van der Waals surface area contributed by atoms with Crippen LogP contribution in [0.25, 0.3) is 10.9 Å². The van der Waals surface area contributed by atoms with Gasteiger partial charge in [-0.05, 0) is 71.9 Å².